The summed E-state index contributed by atoms with van der Waals surface area (Å²) in [6, 6.07) is 0. The van der Waals surface area contributed by atoms with Gasteiger partial charge in [0.25, 0.3) is 0 Å². The van der Waals surface area contributed by atoms with E-state index in [2.05, 4.69) is 0 Å². The predicted octanol–water partition coefficient (Wildman–Crippen LogP) is -11.6. The van der Waals surface area contributed by atoms with Crippen LogP contribution >= 0.6 is 12.4 Å². The van der Waals surface area contributed by atoms with Gasteiger partial charge in [0.1, 0.15) is 0 Å². The summed E-state index contributed by atoms with van der Waals surface area (Å²) in [7, 11) is 0. The summed E-state index contributed by atoms with van der Waals surface area (Å²) in [6.07, 6.45) is 0. The average Bonchev–Trinajstić information content (AvgIpc) is 0. The van der Waals surface area contributed by atoms with Gasteiger partial charge in [-0.05, 0) is 0 Å². The van der Waals surface area contributed by atoms with E-state index in [4.69, 9.17) is 0 Å². The van der Waals surface area contributed by atoms with Gasteiger partial charge < -0.3 is 49.6 Å². The Labute approximate surface area is 81.0 Å². The molecule has 0 saturated heterocycles. The van der Waals surface area contributed by atoms with E-state index >= 15 is 0 Å². The van der Waals surface area contributed by atoms with Crippen molar-refractivity contribution in [1.82, 2.24) is 0 Å². The van der Waals surface area contributed by atoms with Crippen LogP contribution in [0.5, 0.6) is 0 Å². The Bertz CT molecular complexity index is 3.90. The summed E-state index contributed by atoms with van der Waals surface area (Å²) in [6.45, 7) is 0. The molecule has 6 heavy (non-hydrogen) atoms. The summed E-state index contributed by atoms with van der Waals surface area (Å²) in [5.41, 5.74) is 0. The summed E-state index contributed by atoms with van der Waals surface area (Å²) in [4.78, 5) is 0. The fourth-order valence-corrected chi connectivity index (χ4v) is 0. The second kappa shape index (κ2) is 60.7. The van der Waals surface area contributed by atoms with Crippen LogP contribution in [0.15, 0.2) is 0 Å². The Hall–Kier alpha value is 2.07. The maximum absolute atomic E-state index is 0. The first-order chi connectivity index (χ1) is 0. The van der Waals surface area contributed by atoms with Crippen LogP contribution in [0.4, 0.5) is 0 Å². The Morgan fingerprint density at radius 3 is 0.500 bits per heavy atom. The molecule has 0 heterocycles. The number of hydrogen-bond donors (Lipinski definition) is 0. The van der Waals surface area contributed by atoms with Crippen molar-refractivity contribution < 1.29 is 69.1 Å². The molecular weight excluding hydrogens is 278 g/mol. The summed E-state index contributed by atoms with van der Waals surface area (Å²) >= 11 is 0. The van der Waals surface area contributed by atoms with E-state index < -0.39 is 0 Å². The van der Waals surface area contributed by atoms with Crippen molar-refractivity contribution in [3.8, 4) is 0 Å². The Kier molecular flexibility index (Phi) is 950. The molecule has 0 amide bonds. The van der Waals surface area contributed by atoms with Crippen LogP contribution in [0, 0.1) is 0 Å². The quantitative estimate of drug-likeness (QED) is 0.386. The van der Waals surface area contributed by atoms with Crippen LogP contribution in [0.2, 0.25) is 0 Å². The van der Waals surface area contributed by atoms with Gasteiger partial charge in [-0.3, -0.25) is 0 Å². The molecule has 0 spiro atoms. The van der Waals surface area contributed by atoms with Gasteiger partial charge >= 0.3 is 19.5 Å². The van der Waals surface area contributed by atoms with E-state index in [0.29, 0.717) is 0 Å². The van der Waals surface area contributed by atoms with Gasteiger partial charge in [-0.1, -0.05) is 0 Å². The van der Waals surface area contributed by atoms with Gasteiger partial charge in [-0.25, -0.2) is 0 Å². The summed E-state index contributed by atoms with van der Waals surface area (Å²) < 4.78 is 0. The monoisotopic (exact) mass is 278 g/mol. The molecule has 0 N–H and O–H groups in total. The number of hydrogen-bond acceptors (Lipinski definition) is 0. The molecule has 0 fully saturated rings. The first kappa shape index (κ1) is 94.0. The molecule has 0 rings (SSSR count). The minimum atomic E-state index is 0. The van der Waals surface area contributed by atoms with Crippen molar-refractivity contribution in [2.24, 2.45) is 0 Å². The van der Waals surface area contributed by atoms with Gasteiger partial charge in [0, 0.05) is 0 Å². The van der Waals surface area contributed by atoms with Crippen LogP contribution < -0.4 is 49.6 Å². The molecule has 0 unspecified atom stereocenters. The van der Waals surface area contributed by atoms with Gasteiger partial charge in [-0.15, -0.1) is 12.4 Å². The van der Waals surface area contributed by atoms with E-state index in [1.54, 1.807) is 0 Å². The smallest absolute Gasteiger partial charge is 1.00 e. The van der Waals surface area contributed by atoms with Crippen molar-refractivity contribution in [3.05, 3.63) is 0 Å². The SMILES string of the molecule is Cl.[Cl-].[Cl-].[Cl-].[Cl-].[Ru+4]. The van der Waals surface area contributed by atoms with Gasteiger partial charge in [0.15, 0.2) is 0 Å². The molecule has 0 aromatic rings. The first-order valence-corrected chi connectivity index (χ1v) is 0. The minimum Gasteiger partial charge on any atom is -1.00 e. The van der Waals surface area contributed by atoms with Crippen molar-refractivity contribution in [3.63, 3.8) is 0 Å². The molecule has 6 heteroatoms. The average molecular weight is 279 g/mol. The van der Waals surface area contributed by atoms with E-state index in [1.807, 2.05) is 0 Å². The van der Waals surface area contributed by atoms with Crippen LogP contribution in [-0.4, -0.2) is 0 Å². The molecule has 0 atom stereocenters. The molecule has 0 aromatic carbocycles. The number of rotatable bonds is 0. The Morgan fingerprint density at radius 2 is 0.500 bits per heavy atom. The zero-order valence-electron chi connectivity index (χ0n) is 2.27. The topological polar surface area (TPSA) is 0 Å². The fraction of sp³-hybridized carbons (Fsp3) is 0. The third-order valence-electron chi connectivity index (χ3n) is 0. The number of halogens is 5. The molecule has 0 aliphatic rings. The summed E-state index contributed by atoms with van der Waals surface area (Å²) in [5.74, 6) is 0. The Balaban J connectivity index is 0. The molecule has 44 valence electrons. The standard InChI is InChI=1S/5ClH.Ru/h5*1H;/q;;;;;+4/p-4. The third-order valence-corrected chi connectivity index (χ3v) is 0. The van der Waals surface area contributed by atoms with Gasteiger partial charge in [0.05, 0.1) is 0 Å². The van der Waals surface area contributed by atoms with Crippen LogP contribution in [0.1, 0.15) is 0 Å². The second-order valence-corrected chi connectivity index (χ2v) is 0. The van der Waals surface area contributed by atoms with Crippen molar-refractivity contribution in [1.29, 1.82) is 0 Å². The van der Waals surface area contributed by atoms with Gasteiger partial charge in [0.2, 0.25) is 0 Å². The van der Waals surface area contributed by atoms with Crippen molar-refractivity contribution >= 4 is 12.4 Å². The van der Waals surface area contributed by atoms with E-state index in [1.165, 1.54) is 0 Å². The molecule has 0 nitrogen and oxygen atoms in total. The fourth-order valence-electron chi connectivity index (χ4n) is 0. The molecule has 0 bridgehead atoms. The maximum Gasteiger partial charge on any atom is 4.00 e. The van der Waals surface area contributed by atoms with Gasteiger partial charge in [-0.2, -0.15) is 0 Å². The zero-order valence-corrected chi connectivity index (χ0v) is 7.85. The van der Waals surface area contributed by atoms with Crippen molar-refractivity contribution in [2.45, 2.75) is 0 Å². The molecule has 0 aliphatic heterocycles. The molecule has 0 aliphatic carbocycles. The Morgan fingerprint density at radius 1 is 0.500 bits per heavy atom. The third kappa shape index (κ3) is 36.4. The minimum absolute atomic E-state index is 0. The molecule has 0 saturated carbocycles. The van der Waals surface area contributed by atoms with E-state index in [9.17, 15) is 0 Å². The molecule has 0 radical (unpaired) electrons. The maximum atomic E-state index is 0. The van der Waals surface area contributed by atoms with Crippen LogP contribution in [0.25, 0.3) is 0 Å². The van der Waals surface area contributed by atoms with Crippen LogP contribution in [-0.2, 0) is 19.5 Å². The van der Waals surface area contributed by atoms with E-state index in [0.717, 1.165) is 0 Å². The predicted molar refractivity (Wildman–Crippen MR) is 7.25 cm³/mol. The largest absolute Gasteiger partial charge is 4.00 e. The first-order valence-electron chi connectivity index (χ1n) is 0. The second-order valence-electron chi connectivity index (χ2n) is 0. The van der Waals surface area contributed by atoms with Crippen molar-refractivity contribution in [2.75, 3.05) is 0 Å². The summed E-state index contributed by atoms with van der Waals surface area (Å²) in [5, 5.41) is 0. The van der Waals surface area contributed by atoms with E-state index in [-0.39, 0.29) is 81.5 Å². The van der Waals surface area contributed by atoms with Crippen LogP contribution in [0.3, 0.4) is 0 Å². The molecule has 0 aromatic heterocycles. The molecular formula is HCl5Ru. The zero-order chi connectivity index (χ0) is 0. The normalized spacial score (nSPS) is 0.